The van der Waals surface area contributed by atoms with Crippen molar-refractivity contribution in [3.63, 3.8) is 0 Å². The SMILES string of the molecule is COc1nn(C)cc1C(=O)Nc1cc(C(F)(F)F)ccc1Cl. The van der Waals surface area contributed by atoms with Gasteiger partial charge in [0.2, 0.25) is 5.88 Å². The van der Waals surface area contributed by atoms with Crippen LogP contribution in [0.5, 0.6) is 5.88 Å². The Morgan fingerprint density at radius 3 is 2.68 bits per heavy atom. The maximum absolute atomic E-state index is 12.7. The lowest BCUT2D eigenvalue weighted by Gasteiger charge is -2.11. The van der Waals surface area contributed by atoms with E-state index in [-0.39, 0.29) is 22.2 Å². The largest absolute Gasteiger partial charge is 0.479 e. The number of methoxy groups -OCH3 is 1. The number of carbonyl (C=O) groups excluding carboxylic acids is 1. The summed E-state index contributed by atoms with van der Waals surface area (Å²) in [4.78, 5) is 12.1. The molecular weight excluding hydrogens is 323 g/mol. The van der Waals surface area contributed by atoms with Gasteiger partial charge in [-0.25, -0.2) is 0 Å². The summed E-state index contributed by atoms with van der Waals surface area (Å²) in [7, 11) is 2.91. The Morgan fingerprint density at radius 1 is 1.41 bits per heavy atom. The Kier molecular flexibility index (Phi) is 4.32. The molecule has 0 aliphatic carbocycles. The highest BCUT2D eigenvalue weighted by Crippen LogP contribution is 2.34. The maximum Gasteiger partial charge on any atom is 0.416 e. The minimum atomic E-state index is -4.53. The Hall–Kier alpha value is -2.22. The molecule has 0 unspecified atom stereocenters. The first-order valence-electron chi connectivity index (χ1n) is 5.98. The quantitative estimate of drug-likeness (QED) is 0.937. The minimum absolute atomic E-state index is 0.00999. The maximum atomic E-state index is 12.7. The summed E-state index contributed by atoms with van der Waals surface area (Å²) >= 11 is 5.82. The van der Waals surface area contributed by atoms with Gasteiger partial charge in [0, 0.05) is 13.2 Å². The highest BCUT2D eigenvalue weighted by molar-refractivity contribution is 6.34. The Balaban J connectivity index is 2.32. The van der Waals surface area contributed by atoms with Crippen LogP contribution in [0.25, 0.3) is 0 Å². The van der Waals surface area contributed by atoms with Gasteiger partial charge < -0.3 is 10.1 Å². The van der Waals surface area contributed by atoms with Gasteiger partial charge in [-0.1, -0.05) is 11.6 Å². The molecule has 0 atom stereocenters. The van der Waals surface area contributed by atoms with Crippen molar-refractivity contribution >= 4 is 23.2 Å². The lowest BCUT2D eigenvalue weighted by atomic mass is 10.2. The fourth-order valence-corrected chi connectivity index (χ4v) is 1.93. The summed E-state index contributed by atoms with van der Waals surface area (Å²) < 4.78 is 44.4. The zero-order chi connectivity index (χ0) is 16.5. The standard InChI is InChI=1S/C13H11ClF3N3O2/c1-20-6-8(12(19-20)22-2)11(21)18-10-5-7(13(15,16)17)3-4-9(10)14/h3-6H,1-2H3,(H,18,21). The average Bonchev–Trinajstić information content (AvgIpc) is 2.81. The van der Waals surface area contributed by atoms with Crippen LogP contribution in [-0.4, -0.2) is 22.8 Å². The molecule has 0 radical (unpaired) electrons. The van der Waals surface area contributed by atoms with E-state index in [1.54, 1.807) is 7.05 Å². The molecule has 2 aromatic rings. The van der Waals surface area contributed by atoms with Crippen LogP contribution in [-0.2, 0) is 13.2 Å². The van der Waals surface area contributed by atoms with Gasteiger partial charge >= 0.3 is 6.18 Å². The molecular formula is C13H11ClF3N3O2. The Bertz CT molecular complexity index is 713. The molecule has 1 aromatic carbocycles. The summed E-state index contributed by atoms with van der Waals surface area (Å²) in [5.41, 5.74) is -0.976. The molecule has 0 bridgehead atoms. The van der Waals surface area contributed by atoms with E-state index < -0.39 is 17.6 Å². The van der Waals surface area contributed by atoms with Crippen LogP contribution in [0.3, 0.4) is 0 Å². The summed E-state index contributed by atoms with van der Waals surface area (Å²) in [6.45, 7) is 0. The molecule has 1 heterocycles. The van der Waals surface area contributed by atoms with Crippen LogP contribution in [0.4, 0.5) is 18.9 Å². The molecule has 0 aliphatic heterocycles. The van der Waals surface area contributed by atoms with Crippen LogP contribution in [0.1, 0.15) is 15.9 Å². The number of rotatable bonds is 3. The van der Waals surface area contributed by atoms with E-state index in [1.165, 1.54) is 18.0 Å². The molecule has 0 fully saturated rings. The van der Waals surface area contributed by atoms with Crippen LogP contribution in [0.15, 0.2) is 24.4 Å². The average molecular weight is 334 g/mol. The van der Waals surface area contributed by atoms with Gasteiger partial charge in [-0.05, 0) is 18.2 Å². The third kappa shape index (κ3) is 3.33. The molecule has 1 N–H and O–H groups in total. The minimum Gasteiger partial charge on any atom is -0.479 e. The molecule has 0 spiro atoms. The zero-order valence-corrected chi connectivity index (χ0v) is 12.3. The van der Waals surface area contributed by atoms with E-state index in [1.807, 2.05) is 0 Å². The molecule has 0 aliphatic rings. The number of nitrogens with zero attached hydrogens (tertiary/aromatic N) is 2. The highest BCUT2D eigenvalue weighted by Gasteiger charge is 2.31. The predicted octanol–water partition coefficient (Wildman–Crippen LogP) is 3.35. The third-order valence-corrected chi connectivity index (χ3v) is 3.10. The topological polar surface area (TPSA) is 56.2 Å². The van der Waals surface area contributed by atoms with Gasteiger partial charge in [-0.15, -0.1) is 5.10 Å². The molecule has 1 aromatic heterocycles. The normalized spacial score (nSPS) is 11.4. The second-order valence-electron chi connectivity index (χ2n) is 4.37. The monoisotopic (exact) mass is 333 g/mol. The smallest absolute Gasteiger partial charge is 0.416 e. The van der Waals surface area contributed by atoms with Crippen molar-refractivity contribution in [2.45, 2.75) is 6.18 Å². The van der Waals surface area contributed by atoms with Crippen molar-refractivity contribution in [2.75, 3.05) is 12.4 Å². The molecule has 0 saturated carbocycles. The third-order valence-electron chi connectivity index (χ3n) is 2.77. The fourth-order valence-electron chi connectivity index (χ4n) is 1.76. The first-order chi connectivity index (χ1) is 10.2. The molecule has 118 valence electrons. The fraction of sp³-hybridized carbons (Fsp3) is 0.231. The van der Waals surface area contributed by atoms with Crippen molar-refractivity contribution in [1.82, 2.24) is 9.78 Å². The van der Waals surface area contributed by atoms with Crippen molar-refractivity contribution in [1.29, 1.82) is 0 Å². The molecule has 22 heavy (non-hydrogen) atoms. The van der Waals surface area contributed by atoms with Crippen LogP contribution in [0.2, 0.25) is 5.02 Å². The number of amides is 1. The number of carbonyl (C=O) groups is 1. The lowest BCUT2D eigenvalue weighted by molar-refractivity contribution is -0.137. The number of aryl methyl sites for hydroxylation is 1. The van der Waals surface area contributed by atoms with E-state index >= 15 is 0 Å². The number of halogens is 4. The molecule has 9 heteroatoms. The van der Waals surface area contributed by atoms with Gasteiger partial charge in [0.05, 0.1) is 23.4 Å². The zero-order valence-electron chi connectivity index (χ0n) is 11.5. The van der Waals surface area contributed by atoms with Crippen LogP contribution >= 0.6 is 11.6 Å². The number of aromatic nitrogens is 2. The predicted molar refractivity (Wildman–Crippen MR) is 74.2 cm³/mol. The van der Waals surface area contributed by atoms with E-state index in [0.717, 1.165) is 18.2 Å². The number of alkyl halides is 3. The first kappa shape index (κ1) is 16.2. The number of benzene rings is 1. The Morgan fingerprint density at radius 2 is 2.09 bits per heavy atom. The molecule has 2 rings (SSSR count). The summed E-state index contributed by atoms with van der Waals surface area (Å²) in [5.74, 6) is -0.616. The first-order valence-corrected chi connectivity index (χ1v) is 6.36. The molecule has 1 amide bonds. The van der Waals surface area contributed by atoms with Crippen molar-refractivity contribution in [3.8, 4) is 5.88 Å². The van der Waals surface area contributed by atoms with Crippen LogP contribution < -0.4 is 10.1 Å². The summed E-state index contributed by atoms with van der Waals surface area (Å²) in [6.07, 6.45) is -3.15. The van der Waals surface area contributed by atoms with Crippen LogP contribution in [0, 0.1) is 0 Å². The number of hydrogen-bond donors (Lipinski definition) is 1. The van der Waals surface area contributed by atoms with E-state index in [2.05, 4.69) is 10.4 Å². The second-order valence-corrected chi connectivity index (χ2v) is 4.78. The number of hydrogen-bond acceptors (Lipinski definition) is 3. The van der Waals surface area contributed by atoms with Gasteiger partial charge in [0.1, 0.15) is 5.56 Å². The van der Waals surface area contributed by atoms with Crippen molar-refractivity contribution < 1.29 is 22.7 Å². The van der Waals surface area contributed by atoms with Gasteiger partial charge in [-0.3, -0.25) is 9.48 Å². The van der Waals surface area contributed by atoms with E-state index in [0.29, 0.717) is 0 Å². The lowest BCUT2D eigenvalue weighted by Crippen LogP contribution is -2.14. The number of nitrogens with one attached hydrogen (secondary N) is 1. The summed E-state index contributed by atoms with van der Waals surface area (Å²) in [5, 5.41) is 6.20. The van der Waals surface area contributed by atoms with E-state index in [4.69, 9.17) is 16.3 Å². The van der Waals surface area contributed by atoms with Crippen molar-refractivity contribution in [3.05, 3.63) is 40.5 Å². The molecule has 0 saturated heterocycles. The number of anilines is 1. The van der Waals surface area contributed by atoms with E-state index in [9.17, 15) is 18.0 Å². The van der Waals surface area contributed by atoms with Gasteiger partial charge in [0.25, 0.3) is 5.91 Å². The highest BCUT2D eigenvalue weighted by atomic mass is 35.5. The molecule has 5 nitrogen and oxygen atoms in total. The van der Waals surface area contributed by atoms with Gasteiger partial charge in [0.15, 0.2) is 0 Å². The summed E-state index contributed by atoms with van der Waals surface area (Å²) in [6, 6.07) is 2.67. The van der Waals surface area contributed by atoms with Gasteiger partial charge in [-0.2, -0.15) is 13.2 Å². The number of ether oxygens (including phenoxy) is 1. The van der Waals surface area contributed by atoms with Crippen molar-refractivity contribution in [2.24, 2.45) is 7.05 Å². The second kappa shape index (κ2) is 5.88. The Labute approximate surface area is 128 Å².